The van der Waals surface area contributed by atoms with E-state index in [0.29, 0.717) is 38.8 Å². The minimum Gasteiger partial charge on any atom is -0.503 e. The molecule has 1 N–H and O–H groups in total. The van der Waals surface area contributed by atoms with Crippen LogP contribution in [0.25, 0.3) is 0 Å². The molecule has 1 aliphatic rings. The van der Waals surface area contributed by atoms with E-state index < -0.39 is 23.5 Å². The van der Waals surface area contributed by atoms with Crippen molar-refractivity contribution in [2.24, 2.45) is 5.92 Å². The number of hydrogen-bond donors (Lipinski definition) is 1. The first-order valence-corrected chi connectivity index (χ1v) is 15.3. The number of aliphatic hydroxyl groups is 1. The molecule has 4 aromatic rings. The molecule has 0 aliphatic carbocycles. The van der Waals surface area contributed by atoms with Crippen LogP contribution in [0.15, 0.2) is 81.7 Å². The normalized spacial score (nSPS) is 15.3. The average molecular weight is 596 g/mol. The van der Waals surface area contributed by atoms with Crippen molar-refractivity contribution in [2.45, 2.75) is 36.4 Å². The molecular weight excluding hydrogens is 570 g/mol. The molecular formula is C29H26FN3O4S3. The summed E-state index contributed by atoms with van der Waals surface area (Å²) in [6, 6.07) is 15.9. The van der Waals surface area contributed by atoms with Crippen LogP contribution in [0.4, 0.5) is 9.52 Å². The monoisotopic (exact) mass is 595 g/mol. The molecule has 2 aromatic carbocycles. The number of ketones is 1. The van der Waals surface area contributed by atoms with Gasteiger partial charge in [-0.1, -0.05) is 67.3 Å². The van der Waals surface area contributed by atoms with Crippen molar-refractivity contribution >= 4 is 51.3 Å². The fraction of sp³-hybridized carbons (Fsp3) is 0.241. The molecule has 2 aromatic heterocycles. The van der Waals surface area contributed by atoms with E-state index in [1.165, 1.54) is 51.5 Å². The molecule has 1 unspecified atom stereocenters. The van der Waals surface area contributed by atoms with E-state index in [1.807, 2.05) is 6.07 Å². The molecule has 11 heteroatoms. The van der Waals surface area contributed by atoms with E-state index in [2.05, 4.69) is 24.0 Å². The third-order valence-electron chi connectivity index (χ3n) is 6.21. The van der Waals surface area contributed by atoms with Crippen LogP contribution in [0.2, 0.25) is 0 Å². The van der Waals surface area contributed by atoms with E-state index in [1.54, 1.807) is 47.8 Å². The van der Waals surface area contributed by atoms with E-state index in [9.17, 15) is 19.1 Å². The number of aromatic nitrogens is 2. The Labute approximate surface area is 243 Å². The smallest absolute Gasteiger partial charge is 0.296 e. The van der Waals surface area contributed by atoms with E-state index in [4.69, 9.17) is 4.74 Å². The van der Waals surface area contributed by atoms with Gasteiger partial charge in [0.2, 0.25) is 10.9 Å². The molecule has 0 saturated carbocycles. The third kappa shape index (κ3) is 6.11. The Kier molecular flexibility index (Phi) is 8.63. The second kappa shape index (κ2) is 12.3. The van der Waals surface area contributed by atoms with Gasteiger partial charge in [-0.2, -0.15) is 0 Å². The minimum absolute atomic E-state index is 0.0116. The molecule has 1 amide bonds. The summed E-state index contributed by atoms with van der Waals surface area (Å²) in [5, 5.41) is 21.5. The molecule has 1 atom stereocenters. The number of halogens is 1. The Bertz CT molecular complexity index is 1530. The standard InChI is InChI=1S/C29H26FN3O4S3/c1-17(2)12-13-37-21-6-3-5-19(15-21)24-23(25(34)22-7-4-14-38-22)26(35)27(36)33(24)28-31-32-29(40-28)39-16-18-8-10-20(30)11-9-18/h3-11,14-15,17,24,35H,12-13,16H2,1-2H3. The first-order valence-electron chi connectivity index (χ1n) is 12.6. The van der Waals surface area contributed by atoms with Crippen LogP contribution in [-0.4, -0.2) is 33.6 Å². The molecule has 0 fully saturated rings. The highest BCUT2D eigenvalue weighted by Crippen LogP contribution is 2.44. The maximum absolute atomic E-state index is 13.6. The number of ether oxygens (including phenoxy) is 1. The van der Waals surface area contributed by atoms with Crippen molar-refractivity contribution in [3.63, 3.8) is 0 Å². The van der Waals surface area contributed by atoms with Gasteiger partial charge in [-0.3, -0.25) is 14.5 Å². The number of carbonyl (C=O) groups is 2. The van der Waals surface area contributed by atoms with Gasteiger partial charge < -0.3 is 9.84 Å². The molecule has 5 rings (SSSR count). The summed E-state index contributed by atoms with van der Waals surface area (Å²) < 4.78 is 19.8. The van der Waals surface area contributed by atoms with Crippen molar-refractivity contribution < 1.29 is 23.8 Å². The number of thioether (sulfide) groups is 1. The number of amides is 1. The van der Waals surface area contributed by atoms with Gasteiger partial charge in [0.05, 0.1) is 23.1 Å². The van der Waals surface area contributed by atoms with Crippen LogP contribution in [0, 0.1) is 11.7 Å². The SMILES string of the molecule is CC(C)CCOc1cccc(C2C(C(=O)c3cccs3)=C(O)C(=O)N2c2nnc(SCc3ccc(F)cc3)s2)c1. The molecule has 1 aliphatic heterocycles. The summed E-state index contributed by atoms with van der Waals surface area (Å²) in [6.07, 6.45) is 0.879. The first kappa shape index (κ1) is 28.0. The van der Waals surface area contributed by atoms with Gasteiger partial charge in [-0.05, 0) is 59.2 Å². The predicted octanol–water partition coefficient (Wildman–Crippen LogP) is 7.24. The van der Waals surface area contributed by atoms with E-state index in [-0.39, 0.29) is 16.5 Å². The number of rotatable bonds is 11. The molecule has 0 bridgehead atoms. The van der Waals surface area contributed by atoms with Crippen molar-refractivity contribution in [1.82, 2.24) is 10.2 Å². The van der Waals surface area contributed by atoms with Gasteiger partial charge in [0.25, 0.3) is 5.91 Å². The average Bonchev–Trinajstić information content (AvgIpc) is 3.69. The molecule has 0 spiro atoms. The second-order valence-electron chi connectivity index (χ2n) is 9.52. The van der Waals surface area contributed by atoms with Crippen LogP contribution in [0.5, 0.6) is 5.75 Å². The van der Waals surface area contributed by atoms with Crippen molar-refractivity contribution in [3.05, 3.63) is 99.2 Å². The predicted molar refractivity (Wildman–Crippen MR) is 156 cm³/mol. The van der Waals surface area contributed by atoms with Crippen LogP contribution >= 0.6 is 34.4 Å². The highest BCUT2D eigenvalue weighted by Gasteiger charge is 2.46. The summed E-state index contributed by atoms with van der Waals surface area (Å²) in [6.45, 7) is 4.76. The molecule has 40 heavy (non-hydrogen) atoms. The lowest BCUT2D eigenvalue weighted by molar-refractivity contribution is -0.117. The fourth-order valence-electron chi connectivity index (χ4n) is 4.16. The van der Waals surface area contributed by atoms with Gasteiger partial charge in [-0.15, -0.1) is 21.5 Å². The van der Waals surface area contributed by atoms with Crippen LogP contribution in [0.3, 0.4) is 0 Å². The quantitative estimate of drug-likeness (QED) is 0.111. The number of Topliss-reactive ketones (excluding diaryl/α,β-unsaturated/α-hetero) is 1. The maximum atomic E-state index is 13.6. The second-order valence-corrected chi connectivity index (χ2v) is 12.6. The zero-order valence-corrected chi connectivity index (χ0v) is 24.2. The Morgan fingerprint density at radius 2 is 1.95 bits per heavy atom. The first-order chi connectivity index (χ1) is 19.3. The summed E-state index contributed by atoms with van der Waals surface area (Å²) in [7, 11) is 0. The van der Waals surface area contributed by atoms with Crippen LogP contribution in [-0.2, 0) is 10.5 Å². The Morgan fingerprint density at radius 1 is 1.15 bits per heavy atom. The topological polar surface area (TPSA) is 92.6 Å². The van der Waals surface area contributed by atoms with Crippen LogP contribution < -0.4 is 9.64 Å². The molecule has 0 radical (unpaired) electrons. The Morgan fingerprint density at radius 3 is 2.67 bits per heavy atom. The molecule has 3 heterocycles. The number of hydrogen-bond acceptors (Lipinski definition) is 9. The summed E-state index contributed by atoms with van der Waals surface area (Å²) in [5.41, 5.74) is 1.51. The van der Waals surface area contributed by atoms with Crippen molar-refractivity contribution in [3.8, 4) is 5.75 Å². The minimum atomic E-state index is -0.918. The van der Waals surface area contributed by atoms with E-state index >= 15 is 0 Å². The van der Waals surface area contributed by atoms with Crippen molar-refractivity contribution in [2.75, 3.05) is 11.5 Å². The summed E-state index contributed by atoms with van der Waals surface area (Å²) >= 11 is 3.82. The highest BCUT2D eigenvalue weighted by atomic mass is 32.2. The maximum Gasteiger partial charge on any atom is 0.296 e. The molecule has 7 nitrogen and oxygen atoms in total. The summed E-state index contributed by atoms with van der Waals surface area (Å²) in [4.78, 5) is 28.8. The van der Waals surface area contributed by atoms with Gasteiger partial charge >= 0.3 is 0 Å². The number of anilines is 1. The van der Waals surface area contributed by atoms with Gasteiger partial charge in [0, 0.05) is 5.75 Å². The van der Waals surface area contributed by atoms with Gasteiger partial charge in [0.1, 0.15) is 11.6 Å². The number of nitrogens with zero attached hydrogens (tertiary/aromatic N) is 3. The molecule has 206 valence electrons. The number of benzene rings is 2. The lowest BCUT2D eigenvalue weighted by Gasteiger charge is -2.24. The van der Waals surface area contributed by atoms with Gasteiger partial charge in [-0.25, -0.2) is 4.39 Å². The Balaban J connectivity index is 1.47. The fourth-order valence-corrected chi connectivity index (χ4v) is 6.66. The van der Waals surface area contributed by atoms with Crippen LogP contribution in [0.1, 0.15) is 47.1 Å². The zero-order chi connectivity index (χ0) is 28.2. The zero-order valence-electron chi connectivity index (χ0n) is 21.7. The number of carbonyl (C=O) groups excluding carboxylic acids is 2. The lowest BCUT2D eigenvalue weighted by atomic mass is 9.95. The lowest BCUT2D eigenvalue weighted by Crippen LogP contribution is -2.31. The van der Waals surface area contributed by atoms with Gasteiger partial charge in [0.15, 0.2) is 10.1 Å². The number of thiophene rings is 1. The third-order valence-corrected chi connectivity index (χ3v) is 9.21. The van der Waals surface area contributed by atoms with Crippen molar-refractivity contribution in [1.29, 1.82) is 0 Å². The highest BCUT2D eigenvalue weighted by molar-refractivity contribution is 8.00. The molecule has 0 saturated heterocycles. The van der Waals surface area contributed by atoms with E-state index in [0.717, 1.165) is 12.0 Å². The number of aliphatic hydroxyl groups excluding tert-OH is 1. The summed E-state index contributed by atoms with van der Waals surface area (Å²) in [5.74, 6) is -0.433. The largest absolute Gasteiger partial charge is 0.503 e. The Hall–Kier alpha value is -3.54.